The molecule has 92 valence electrons. The van der Waals surface area contributed by atoms with Gasteiger partial charge in [-0.05, 0) is 30.7 Å². The molecule has 0 atom stereocenters. The molecule has 0 radical (unpaired) electrons. The van der Waals surface area contributed by atoms with Gasteiger partial charge >= 0.3 is 5.97 Å². The molecule has 1 saturated heterocycles. The van der Waals surface area contributed by atoms with Crippen molar-refractivity contribution in [1.29, 1.82) is 0 Å². The van der Waals surface area contributed by atoms with Crippen LogP contribution in [0.3, 0.4) is 0 Å². The Morgan fingerprint density at radius 2 is 2.06 bits per heavy atom. The van der Waals surface area contributed by atoms with Gasteiger partial charge in [0, 0.05) is 31.9 Å². The van der Waals surface area contributed by atoms with Crippen molar-refractivity contribution in [2.75, 3.05) is 38.2 Å². The van der Waals surface area contributed by atoms with E-state index in [4.69, 9.17) is 4.74 Å². The Kier molecular flexibility index (Phi) is 3.64. The zero-order valence-corrected chi connectivity index (χ0v) is 10.3. The summed E-state index contributed by atoms with van der Waals surface area (Å²) in [4.78, 5) is 13.7. The number of aryl methyl sites for hydroxylation is 1. The van der Waals surface area contributed by atoms with Gasteiger partial charge in [0.15, 0.2) is 0 Å². The lowest BCUT2D eigenvalue weighted by Crippen LogP contribution is -2.43. The first kappa shape index (κ1) is 11.9. The average molecular weight is 234 g/mol. The molecule has 4 nitrogen and oxygen atoms in total. The molecule has 1 aliphatic rings. The van der Waals surface area contributed by atoms with E-state index < -0.39 is 0 Å². The first-order chi connectivity index (χ1) is 8.22. The number of esters is 1. The van der Waals surface area contributed by atoms with Crippen molar-refractivity contribution in [3.05, 3.63) is 29.3 Å². The summed E-state index contributed by atoms with van der Waals surface area (Å²) >= 11 is 0. The molecule has 0 bridgehead atoms. The first-order valence-electron chi connectivity index (χ1n) is 5.87. The van der Waals surface area contributed by atoms with E-state index in [1.807, 2.05) is 25.1 Å². The van der Waals surface area contributed by atoms with E-state index >= 15 is 0 Å². The summed E-state index contributed by atoms with van der Waals surface area (Å²) in [6.07, 6.45) is 0. The number of carbonyl (C=O) groups excluding carboxylic acids is 1. The van der Waals surface area contributed by atoms with Gasteiger partial charge in [0.1, 0.15) is 0 Å². The van der Waals surface area contributed by atoms with Crippen molar-refractivity contribution in [2.24, 2.45) is 0 Å². The molecular formula is C13H18N2O2. The van der Waals surface area contributed by atoms with Crippen LogP contribution in [0, 0.1) is 6.92 Å². The maximum atomic E-state index is 11.4. The molecule has 1 heterocycles. The highest BCUT2D eigenvalue weighted by atomic mass is 16.5. The molecule has 0 saturated carbocycles. The zero-order chi connectivity index (χ0) is 12.3. The molecule has 1 aliphatic heterocycles. The third kappa shape index (κ3) is 2.58. The van der Waals surface area contributed by atoms with Crippen molar-refractivity contribution in [2.45, 2.75) is 6.92 Å². The standard InChI is InChI=1S/C13H18N2O2/c1-10-9-11(13(16)17-2)3-4-12(10)15-7-5-14-6-8-15/h3-4,9,14H,5-8H2,1-2H3. The molecule has 0 spiro atoms. The molecule has 17 heavy (non-hydrogen) atoms. The minimum absolute atomic E-state index is 0.278. The molecule has 1 fully saturated rings. The lowest BCUT2D eigenvalue weighted by molar-refractivity contribution is 0.0600. The van der Waals surface area contributed by atoms with Crippen LogP contribution in [0.25, 0.3) is 0 Å². The van der Waals surface area contributed by atoms with Crippen LogP contribution in [0.5, 0.6) is 0 Å². The van der Waals surface area contributed by atoms with E-state index in [9.17, 15) is 4.79 Å². The van der Waals surface area contributed by atoms with Crippen LogP contribution in [-0.2, 0) is 4.74 Å². The molecule has 4 heteroatoms. The quantitative estimate of drug-likeness (QED) is 0.781. The van der Waals surface area contributed by atoms with Gasteiger partial charge < -0.3 is 15.0 Å². The fourth-order valence-corrected chi connectivity index (χ4v) is 2.16. The van der Waals surface area contributed by atoms with Crippen LogP contribution in [0.1, 0.15) is 15.9 Å². The fourth-order valence-electron chi connectivity index (χ4n) is 2.16. The van der Waals surface area contributed by atoms with Crippen LogP contribution in [0.2, 0.25) is 0 Å². The smallest absolute Gasteiger partial charge is 0.337 e. The van der Waals surface area contributed by atoms with Crippen LogP contribution in [0.15, 0.2) is 18.2 Å². The molecule has 1 N–H and O–H groups in total. The number of hydrogen-bond donors (Lipinski definition) is 1. The number of rotatable bonds is 2. The van der Waals surface area contributed by atoms with Gasteiger partial charge in [0.2, 0.25) is 0 Å². The second-order valence-electron chi connectivity index (χ2n) is 4.23. The number of nitrogens with one attached hydrogen (secondary N) is 1. The summed E-state index contributed by atoms with van der Waals surface area (Å²) in [7, 11) is 1.40. The van der Waals surface area contributed by atoms with Crippen LogP contribution >= 0.6 is 0 Å². The number of piperazine rings is 1. The van der Waals surface area contributed by atoms with Gasteiger partial charge in [-0.1, -0.05) is 0 Å². The Morgan fingerprint density at radius 1 is 1.35 bits per heavy atom. The van der Waals surface area contributed by atoms with Gasteiger partial charge in [-0.2, -0.15) is 0 Å². The number of benzene rings is 1. The number of carbonyl (C=O) groups is 1. The minimum atomic E-state index is -0.278. The van der Waals surface area contributed by atoms with E-state index in [1.54, 1.807) is 0 Å². The summed E-state index contributed by atoms with van der Waals surface area (Å²) in [6, 6.07) is 5.73. The van der Waals surface area contributed by atoms with Crippen LogP contribution in [0.4, 0.5) is 5.69 Å². The molecule has 1 aromatic carbocycles. The average Bonchev–Trinajstić information content (AvgIpc) is 2.38. The second-order valence-corrected chi connectivity index (χ2v) is 4.23. The molecule has 0 unspecified atom stereocenters. The summed E-state index contributed by atoms with van der Waals surface area (Å²) in [5.41, 5.74) is 2.94. The maximum absolute atomic E-state index is 11.4. The molecule has 0 amide bonds. The van der Waals surface area contributed by atoms with Crippen LogP contribution < -0.4 is 10.2 Å². The number of anilines is 1. The summed E-state index contributed by atoms with van der Waals surface area (Å²) in [5, 5.41) is 3.33. The summed E-state index contributed by atoms with van der Waals surface area (Å²) in [6.45, 7) is 6.08. The molecule has 0 aromatic heterocycles. The number of methoxy groups -OCH3 is 1. The summed E-state index contributed by atoms with van der Waals surface area (Å²) < 4.78 is 4.71. The van der Waals surface area contributed by atoms with E-state index in [0.29, 0.717) is 5.56 Å². The number of hydrogen-bond acceptors (Lipinski definition) is 4. The van der Waals surface area contributed by atoms with Gasteiger partial charge in [-0.3, -0.25) is 0 Å². The highest BCUT2D eigenvalue weighted by Crippen LogP contribution is 2.21. The molecule has 2 rings (SSSR count). The highest BCUT2D eigenvalue weighted by Gasteiger charge is 2.14. The van der Waals surface area contributed by atoms with Gasteiger partial charge in [-0.15, -0.1) is 0 Å². The Bertz CT molecular complexity index is 412. The van der Waals surface area contributed by atoms with E-state index in [1.165, 1.54) is 12.8 Å². The second kappa shape index (κ2) is 5.19. The van der Waals surface area contributed by atoms with E-state index in [2.05, 4.69) is 10.2 Å². The lowest BCUT2D eigenvalue weighted by atomic mass is 10.1. The van der Waals surface area contributed by atoms with Crippen molar-refractivity contribution in [3.63, 3.8) is 0 Å². The maximum Gasteiger partial charge on any atom is 0.337 e. The molecule has 1 aromatic rings. The van der Waals surface area contributed by atoms with Crippen molar-refractivity contribution < 1.29 is 9.53 Å². The Morgan fingerprint density at radius 3 is 2.65 bits per heavy atom. The lowest BCUT2D eigenvalue weighted by Gasteiger charge is -2.30. The summed E-state index contributed by atoms with van der Waals surface area (Å²) in [5.74, 6) is -0.278. The normalized spacial score (nSPS) is 15.8. The van der Waals surface area contributed by atoms with Crippen molar-refractivity contribution >= 4 is 11.7 Å². The van der Waals surface area contributed by atoms with Gasteiger partial charge in [0.05, 0.1) is 12.7 Å². The van der Waals surface area contributed by atoms with E-state index in [0.717, 1.165) is 31.7 Å². The molecular weight excluding hydrogens is 216 g/mol. The van der Waals surface area contributed by atoms with Gasteiger partial charge in [-0.25, -0.2) is 4.79 Å². The largest absolute Gasteiger partial charge is 0.465 e. The number of nitrogens with zero attached hydrogens (tertiary/aromatic N) is 1. The zero-order valence-electron chi connectivity index (χ0n) is 10.3. The minimum Gasteiger partial charge on any atom is -0.465 e. The SMILES string of the molecule is COC(=O)c1ccc(N2CCNCC2)c(C)c1. The predicted molar refractivity (Wildman–Crippen MR) is 67.6 cm³/mol. The van der Waals surface area contributed by atoms with Crippen molar-refractivity contribution in [1.82, 2.24) is 5.32 Å². The first-order valence-corrected chi connectivity index (χ1v) is 5.87. The Hall–Kier alpha value is -1.55. The monoisotopic (exact) mass is 234 g/mol. The third-order valence-electron chi connectivity index (χ3n) is 3.08. The Labute approximate surface area is 102 Å². The fraction of sp³-hybridized carbons (Fsp3) is 0.462. The van der Waals surface area contributed by atoms with Crippen molar-refractivity contribution in [3.8, 4) is 0 Å². The third-order valence-corrected chi connectivity index (χ3v) is 3.08. The van der Waals surface area contributed by atoms with Crippen LogP contribution in [-0.4, -0.2) is 39.3 Å². The topological polar surface area (TPSA) is 41.6 Å². The number of ether oxygens (including phenoxy) is 1. The predicted octanol–water partition coefficient (Wildman–Crippen LogP) is 1.19. The molecule has 0 aliphatic carbocycles. The Balaban J connectivity index is 2.21. The highest BCUT2D eigenvalue weighted by molar-refractivity contribution is 5.90. The van der Waals surface area contributed by atoms with E-state index in [-0.39, 0.29) is 5.97 Å². The van der Waals surface area contributed by atoms with Gasteiger partial charge in [0.25, 0.3) is 0 Å².